The minimum atomic E-state index is -4.09. The summed E-state index contributed by atoms with van der Waals surface area (Å²) in [4.78, 5) is 0. The van der Waals surface area contributed by atoms with Crippen LogP contribution in [0.2, 0.25) is 0 Å². The van der Waals surface area contributed by atoms with Crippen LogP contribution in [0, 0.1) is 0 Å². The predicted octanol–water partition coefficient (Wildman–Crippen LogP) is 1.59. The fraction of sp³-hybridized carbons (Fsp3) is 1.00. The van der Waals surface area contributed by atoms with Crippen molar-refractivity contribution in [3.05, 3.63) is 0 Å². The number of unbranched alkanes of at least 4 members (excludes halogenated alkanes) is 3. The molecule has 0 saturated carbocycles. The van der Waals surface area contributed by atoms with Crippen LogP contribution in [-0.4, -0.2) is 29.4 Å². The minimum Gasteiger partial charge on any atom is -0.392 e. The zero-order valence-corrected chi connectivity index (χ0v) is 9.63. The third kappa shape index (κ3) is 5.57. The number of rotatable bonds is 7. The summed E-state index contributed by atoms with van der Waals surface area (Å²) >= 11 is 0. The van der Waals surface area contributed by atoms with Crippen molar-refractivity contribution in [1.29, 1.82) is 0 Å². The van der Waals surface area contributed by atoms with Crippen molar-refractivity contribution in [3.8, 4) is 0 Å². The van der Waals surface area contributed by atoms with Gasteiger partial charge in [0.15, 0.2) is 0 Å². The van der Waals surface area contributed by atoms with Gasteiger partial charge >= 0.3 is 0 Å². The molecule has 2 N–H and O–H groups in total. The van der Waals surface area contributed by atoms with E-state index in [2.05, 4.69) is 6.92 Å². The first-order valence-corrected chi connectivity index (χ1v) is 6.54. The summed E-state index contributed by atoms with van der Waals surface area (Å²) in [5.74, 6) is 0. The zero-order chi connectivity index (χ0) is 11.2. The highest BCUT2D eigenvalue weighted by atomic mass is 32.2. The van der Waals surface area contributed by atoms with Crippen LogP contribution in [0.1, 0.15) is 46.0 Å². The molecule has 0 aromatic heterocycles. The van der Waals surface area contributed by atoms with Gasteiger partial charge in [0, 0.05) is 0 Å². The first-order valence-electron chi connectivity index (χ1n) is 5.04. The van der Waals surface area contributed by atoms with Crippen molar-refractivity contribution in [2.75, 3.05) is 0 Å². The van der Waals surface area contributed by atoms with Crippen molar-refractivity contribution in [2.45, 2.75) is 57.3 Å². The summed E-state index contributed by atoms with van der Waals surface area (Å²) in [6, 6.07) is 0. The van der Waals surface area contributed by atoms with Gasteiger partial charge in [-0.25, -0.2) is 0 Å². The highest BCUT2D eigenvalue weighted by Gasteiger charge is 2.25. The lowest BCUT2D eigenvalue weighted by atomic mass is 10.1. The van der Waals surface area contributed by atoms with E-state index in [1.54, 1.807) is 0 Å². The van der Waals surface area contributed by atoms with Gasteiger partial charge in [-0.2, -0.15) is 8.42 Å². The van der Waals surface area contributed by atoms with Gasteiger partial charge in [-0.15, -0.1) is 0 Å². The monoisotopic (exact) mass is 224 g/mol. The Labute approximate surface area is 86.1 Å². The lowest BCUT2D eigenvalue weighted by Crippen LogP contribution is -2.30. The maximum absolute atomic E-state index is 10.7. The number of aliphatic hydroxyl groups excluding tert-OH is 1. The zero-order valence-electron chi connectivity index (χ0n) is 8.81. The molecular weight excluding hydrogens is 204 g/mol. The Morgan fingerprint density at radius 1 is 1.21 bits per heavy atom. The van der Waals surface area contributed by atoms with E-state index < -0.39 is 21.5 Å². The van der Waals surface area contributed by atoms with Crippen molar-refractivity contribution in [3.63, 3.8) is 0 Å². The van der Waals surface area contributed by atoms with Gasteiger partial charge in [-0.1, -0.05) is 32.6 Å². The summed E-state index contributed by atoms with van der Waals surface area (Å²) < 4.78 is 30.0. The molecular formula is C9H20O4S. The third-order valence-electron chi connectivity index (χ3n) is 2.37. The maximum atomic E-state index is 10.7. The molecule has 4 nitrogen and oxygen atoms in total. The topological polar surface area (TPSA) is 74.6 Å². The second-order valence-electron chi connectivity index (χ2n) is 3.64. The molecule has 0 fully saturated rings. The van der Waals surface area contributed by atoms with E-state index in [4.69, 9.17) is 4.55 Å². The van der Waals surface area contributed by atoms with E-state index >= 15 is 0 Å². The second kappa shape index (κ2) is 6.37. The quantitative estimate of drug-likeness (QED) is 0.508. The maximum Gasteiger partial charge on any atom is 0.270 e. The Balaban J connectivity index is 3.79. The summed E-state index contributed by atoms with van der Waals surface area (Å²) in [5, 5.41) is 8.33. The largest absolute Gasteiger partial charge is 0.392 e. The van der Waals surface area contributed by atoms with E-state index in [0.29, 0.717) is 6.42 Å². The SMILES string of the molecule is CCCCCCC(O)C(C)S(=O)(=O)O. The number of hydrogen-bond donors (Lipinski definition) is 2. The first kappa shape index (κ1) is 13.9. The van der Waals surface area contributed by atoms with Gasteiger partial charge in [0.25, 0.3) is 10.1 Å². The van der Waals surface area contributed by atoms with Crippen LogP contribution >= 0.6 is 0 Å². The second-order valence-corrected chi connectivity index (χ2v) is 5.41. The Bertz CT molecular complexity index is 235. The lowest BCUT2D eigenvalue weighted by molar-refractivity contribution is 0.155. The Morgan fingerprint density at radius 3 is 2.21 bits per heavy atom. The standard InChI is InChI=1S/C9H20O4S/c1-3-4-5-6-7-9(10)8(2)14(11,12)13/h8-10H,3-7H2,1-2H3,(H,11,12,13). The van der Waals surface area contributed by atoms with Gasteiger partial charge in [-0.05, 0) is 13.3 Å². The molecule has 0 saturated heterocycles. The van der Waals surface area contributed by atoms with Gasteiger partial charge in [0.2, 0.25) is 0 Å². The average Bonchev–Trinajstić information content (AvgIpc) is 2.09. The fourth-order valence-corrected chi connectivity index (χ4v) is 1.75. The molecule has 0 aromatic rings. The van der Waals surface area contributed by atoms with E-state index in [1.165, 1.54) is 6.92 Å². The molecule has 0 radical (unpaired) electrons. The van der Waals surface area contributed by atoms with E-state index in [9.17, 15) is 13.5 Å². The Hall–Kier alpha value is -0.130. The molecule has 2 unspecified atom stereocenters. The van der Waals surface area contributed by atoms with Gasteiger partial charge in [0.1, 0.15) is 5.25 Å². The molecule has 0 aliphatic heterocycles. The molecule has 2 atom stereocenters. The van der Waals surface area contributed by atoms with Gasteiger partial charge in [0.05, 0.1) is 6.10 Å². The molecule has 0 aromatic carbocycles. The molecule has 86 valence electrons. The van der Waals surface area contributed by atoms with Crippen molar-refractivity contribution in [1.82, 2.24) is 0 Å². The van der Waals surface area contributed by atoms with Crippen molar-refractivity contribution >= 4 is 10.1 Å². The van der Waals surface area contributed by atoms with Crippen LogP contribution in [0.3, 0.4) is 0 Å². The molecule has 14 heavy (non-hydrogen) atoms. The molecule has 0 aliphatic rings. The lowest BCUT2D eigenvalue weighted by Gasteiger charge is -2.15. The highest BCUT2D eigenvalue weighted by Crippen LogP contribution is 2.12. The molecule has 0 aliphatic carbocycles. The number of aliphatic hydroxyl groups is 1. The molecule has 0 amide bonds. The summed E-state index contributed by atoms with van der Waals surface area (Å²) in [6.45, 7) is 3.40. The van der Waals surface area contributed by atoms with E-state index in [0.717, 1.165) is 25.7 Å². The van der Waals surface area contributed by atoms with E-state index in [-0.39, 0.29) is 0 Å². The van der Waals surface area contributed by atoms with Crippen LogP contribution in [-0.2, 0) is 10.1 Å². The normalized spacial score (nSPS) is 16.6. The van der Waals surface area contributed by atoms with Crippen molar-refractivity contribution in [2.24, 2.45) is 0 Å². The van der Waals surface area contributed by atoms with Crippen LogP contribution < -0.4 is 0 Å². The van der Waals surface area contributed by atoms with Crippen molar-refractivity contribution < 1.29 is 18.1 Å². The average molecular weight is 224 g/mol. The smallest absolute Gasteiger partial charge is 0.270 e. The number of hydrogen-bond acceptors (Lipinski definition) is 3. The van der Waals surface area contributed by atoms with Crippen LogP contribution in [0.4, 0.5) is 0 Å². The third-order valence-corrected chi connectivity index (χ3v) is 3.62. The predicted molar refractivity (Wildman–Crippen MR) is 55.8 cm³/mol. The molecule has 0 heterocycles. The molecule has 5 heteroatoms. The van der Waals surface area contributed by atoms with Gasteiger partial charge in [-0.3, -0.25) is 4.55 Å². The van der Waals surface area contributed by atoms with Crippen LogP contribution in [0.5, 0.6) is 0 Å². The highest BCUT2D eigenvalue weighted by molar-refractivity contribution is 7.86. The summed E-state index contributed by atoms with van der Waals surface area (Å²) in [6.07, 6.45) is 3.46. The summed E-state index contributed by atoms with van der Waals surface area (Å²) in [5.41, 5.74) is 0. The minimum absolute atomic E-state index is 0.432. The van der Waals surface area contributed by atoms with Gasteiger partial charge < -0.3 is 5.11 Å². The Kier molecular flexibility index (Phi) is 6.31. The summed E-state index contributed by atoms with van der Waals surface area (Å²) in [7, 11) is -4.09. The Morgan fingerprint density at radius 2 is 1.79 bits per heavy atom. The molecule has 0 spiro atoms. The first-order chi connectivity index (χ1) is 6.39. The van der Waals surface area contributed by atoms with E-state index in [1.807, 2.05) is 0 Å². The fourth-order valence-electron chi connectivity index (χ4n) is 1.21. The van der Waals surface area contributed by atoms with Crippen LogP contribution in [0.15, 0.2) is 0 Å². The molecule has 0 bridgehead atoms. The van der Waals surface area contributed by atoms with Crippen LogP contribution in [0.25, 0.3) is 0 Å². The molecule has 0 rings (SSSR count).